The third kappa shape index (κ3) is 3.28. The zero-order valence-corrected chi connectivity index (χ0v) is 11.0. The van der Waals surface area contributed by atoms with Crippen LogP contribution >= 0.6 is 15.9 Å². The number of esters is 1. The average Bonchev–Trinajstić information content (AvgIpc) is 2.81. The Morgan fingerprint density at radius 3 is 2.76 bits per heavy atom. The molecule has 1 fully saturated rings. The fraction of sp³-hybridized carbons (Fsp3) is 0.462. The average molecular weight is 301 g/mol. The first-order valence-corrected chi connectivity index (χ1v) is 6.56. The second kappa shape index (κ2) is 5.63. The van der Waals surface area contributed by atoms with Crippen LogP contribution in [0.25, 0.3) is 0 Å². The first-order chi connectivity index (χ1) is 8.16. The molecule has 2 rings (SSSR count). The number of halogens is 2. The molecule has 0 bridgehead atoms. The van der Waals surface area contributed by atoms with E-state index < -0.39 is 0 Å². The Hall–Kier alpha value is -0.900. The van der Waals surface area contributed by atoms with E-state index in [4.69, 9.17) is 4.74 Å². The molecular weight excluding hydrogens is 287 g/mol. The van der Waals surface area contributed by atoms with E-state index in [2.05, 4.69) is 15.9 Å². The number of carbonyl (C=O) groups is 1. The van der Waals surface area contributed by atoms with Crippen molar-refractivity contribution in [3.8, 4) is 0 Å². The maximum absolute atomic E-state index is 12.9. The number of hydrogen-bond donors (Lipinski definition) is 0. The standard InChI is InChI=1S/C13H14BrFO2/c14-12-7-11(15)6-5-10(12)8-17-13(16)9-3-1-2-4-9/h5-7,9H,1-4,8H2. The quantitative estimate of drug-likeness (QED) is 0.793. The molecule has 0 aromatic heterocycles. The second-order valence-electron chi connectivity index (χ2n) is 4.32. The maximum Gasteiger partial charge on any atom is 0.309 e. The van der Waals surface area contributed by atoms with Crippen LogP contribution in [-0.4, -0.2) is 5.97 Å². The highest BCUT2D eigenvalue weighted by molar-refractivity contribution is 9.10. The lowest BCUT2D eigenvalue weighted by Gasteiger charge is -2.10. The summed E-state index contributed by atoms with van der Waals surface area (Å²) in [5, 5.41) is 0. The summed E-state index contributed by atoms with van der Waals surface area (Å²) in [4.78, 5) is 11.7. The molecule has 1 aromatic rings. The topological polar surface area (TPSA) is 26.3 Å². The molecule has 1 aliphatic rings. The van der Waals surface area contributed by atoms with Gasteiger partial charge in [0.05, 0.1) is 5.92 Å². The molecule has 17 heavy (non-hydrogen) atoms. The van der Waals surface area contributed by atoms with Crippen LogP contribution < -0.4 is 0 Å². The van der Waals surface area contributed by atoms with Crippen LogP contribution in [0.1, 0.15) is 31.2 Å². The summed E-state index contributed by atoms with van der Waals surface area (Å²) in [7, 11) is 0. The molecule has 0 N–H and O–H groups in total. The van der Waals surface area contributed by atoms with Gasteiger partial charge >= 0.3 is 5.97 Å². The molecule has 0 amide bonds. The smallest absolute Gasteiger partial charge is 0.309 e. The predicted octanol–water partition coefficient (Wildman–Crippen LogP) is 3.82. The van der Waals surface area contributed by atoms with Gasteiger partial charge in [0, 0.05) is 10.0 Å². The van der Waals surface area contributed by atoms with Crippen molar-refractivity contribution in [2.24, 2.45) is 5.92 Å². The normalized spacial score (nSPS) is 16.1. The highest BCUT2D eigenvalue weighted by atomic mass is 79.9. The molecule has 0 spiro atoms. The van der Waals surface area contributed by atoms with Crippen LogP contribution in [0.2, 0.25) is 0 Å². The zero-order chi connectivity index (χ0) is 12.3. The van der Waals surface area contributed by atoms with E-state index in [1.165, 1.54) is 12.1 Å². The Kier molecular flexibility index (Phi) is 4.15. The molecule has 1 aromatic carbocycles. The molecule has 0 heterocycles. The first kappa shape index (κ1) is 12.6. The van der Waals surface area contributed by atoms with Crippen LogP contribution in [0.4, 0.5) is 4.39 Å². The van der Waals surface area contributed by atoms with Gasteiger partial charge in [-0.15, -0.1) is 0 Å². The predicted molar refractivity (Wildman–Crippen MR) is 65.9 cm³/mol. The summed E-state index contributed by atoms with van der Waals surface area (Å²) in [6, 6.07) is 4.36. The summed E-state index contributed by atoms with van der Waals surface area (Å²) in [5.41, 5.74) is 0.790. The third-order valence-electron chi connectivity index (χ3n) is 3.07. The molecule has 0 atom stereocenters. The minimum atomic E-state index is -0.303. The molecule has 0 unspecified atom stereocenters. The van der Waals surface area contributed by atoms with Crippen molar-refractivity contribution in [1.29, 1.82) is 0 Å². The summed E-state index contributed by atoms with van der Waals surface area (Å²) in [5.74, 6) is -0.365. The van der Waals surface area contributed by atoms with Crippen LogP contribution in [0.3, 0.4) is 0 Å². The fourth-order valence-corrected chi connectivity index (χ4v) is 2.53. The number of benzene rings is 1. The lowest BCUT2D eigenvalue weighted by molar-refractivity contribution is -0.149. The molecule has 92 valence electrons. The van der Waals surface area contributed by atoms with Crippen molar-refractivity contribution in [1.82, 2.24) is 0 Å². The second-order valence-corrected chi connectivity index (χ2v) is 5.18. The Labute approximate surface area is 108 Å². The Bertz CT molecular complexity index is 414. The van der Waals surface area contributed by atoms with Gasteiger partial charge in [0.25, 0.3) is 0 Å². The van der Waals surface area contributed by atoms with Crippen molar-refractivity contribution in [2.75, 3.05) is 0 Å². The summed E-state index contributed by atoms with van der Waals surface area (Å²) >= 11 is 3.25. The van der Waals surface area contributed by atoms with E-state index in [1.807, 2.05) is 0 Å². The van der Waals surface area contributed by atoms with E-state index in [0.717, 1.165) is 31.2 Å². The van der Waals surface area contributed by atoms with E-state index >= 15 is 0 Å². The minimum Gasteiger partial charge on any atom is -0.461 e. The SMILES string of the molecule is O=C(OCc1ccc(F)cc1Br)C1CCCC1. The minimum absolute atomic E-state index is 0.0641. The molecule has 0 radical (unpaired) electrons. The molecule has 0 aliphatic heterocycles. The third-order valence-corrected chi connectivity index (χ3v) is 3.81. The van der Waals surface area contributed by atoms with Gasteiger partial charge in [-0.2, -0.15) is 0 Å². The van der Waals surface area contributed by atoms with Gasteiger partial charge in [0.1, 0.15) is 12.4 Å². The van der Waals surface area contributed by atoms with Gasteiger partial charge in [-0.3, -0.25) is 4.79 Å². The van der Waals surface area contributed by atoms with Crippen LogP contribution in [0.5, 0.6) is 0 Å². The molecule has 0 saturated heterocycles. The highest BCUT2D eigenvalue weighted by Gasteiger charge is 2.24. The van der Waals surface area contributed by atoms with Crippen molar-refractivity contribution < 1.29 is 13.9 Å². The van der Waals surface area contributed by atoms with Crippen molar-refractivity contribution >= 4 is 21.9 Å². The molecule has 1 aliphatic carbocycles. The summed E-state index contributed by atoms with van der Waals surface area (Å²) in [6.45, 7) is 0.205. The monoisotopic (exact) mass is 300 g/mol. The Morgan fingerprint density at radius 1 is 1.41 bits per heavy atom. The maximum atomic E-state index is 12.9. The lowest BCUT2D eigenvalue weighted by Crippen LogP contribution is -2.14. The van der Waals surface area contributed by atoms with E-state index in [-0.39, 0.29) is 24.3 Å². The van der Waals surface area contributed by atoms with Crippen LogP contribution in [-0.2, 0) is 16.1 Å². The lowest BCUT2D eigenvalue weighted by atomic mass is 10.1. The highest BCUT2D eigenvalue weighted by Crippen LogP contribution is 2.26. The van der Waals surface area contributed by atoms with E-state index in [1.54, 1.807) is 6.07 Å². The Balaban J connectivity index is 1.90. The largest absolute Gasteiger partial charge is 0.461 e. The number of hydrogen-bond acceptors (Lipinski definition) is 2. The van der Waals surface area contributed by atoms with E-state index in [9.17, 15) is 9.18 Å². The zero-order valence-electron chi connectivity index (χ0n) is 9.42. The first-order valence-electron chi connectivity index (χ1n) is 5.77. The van der Waals surface area contributed by atoms with Gasteiger partial charge < -0.3 is 4.74 Å². The summed E-state index contributed by atoms with van der Waals surface area (Å²) < 4.78 is 18.7. The van der Waals surface area contributed by atoms with Gasteiger partial charge in [-0.25, -0.2) is 4.39 Å². The van der Waals surface area contributed by atoms with Crippen LogP contribution in [0.15, 0.2) is 22.7 Å². The molecular formula is C13H14BrFO2. The molecule has 2 nitrogen and oxygen atoms in total. The van der Waals surface area contributed by atoms with Gasteiger partial charge in [0.2, 0.25) is 0 Å². The van der Waals surface area contributed by atoms with Gasteiger partial charge in [-0.1, -0.05) is 34.8 Å². The molecule has 1 saturated carbocycles. The summed E-state index contributed by atoms with van der Waals surface area (Å²) in [6.07, 6.45) is 4.09. The van der Waals surface area contributed by atoms with Crippen molar-refractivity contribution in [3.63, 3.8) is 0 Å². The van der Waals surface area contributed by atoms with Crippen LogP contribution in [0, 0.1) is 11.7 Å². The number of carbonyl (C=O) groups excluding carboxylic acids is 1. The van der Waals surface area contributed by atoms with Gasteiger partial charge in [0.15, 0.2) is 0 Å². The Morgan fingerprint density at radius 2 is 2.12 bits per heavy atom. The van der Waals surface area contributed by atoms with E-state index in [0.29, 0.717) is 4.47 Å². The van der Waals surface area contributed by atoms with Crippen molar-refractivity contribution in [2.45, 2.75) is 32.3 Å². The fourth-order valence-electron chi connectivity index (χ4n) is 2.07. The molecule has 4 heteroatoms. The number of ether oxygens (including phenoxy) is 1. The van der Waals surface area contributed by atoms with Crippen molar-refractivity contribution in [3.05, 3.63) is 34.1 Å². The van der Waals surface area contributed by atoms with Gasteiger partial charge in [-0.05, 0) is 25.0 Å². The number of rotatable bonds is 3.